The number of amides is 1. The summed E-state index contributed by atoms with van der Waals surface area (Å²) < 4.78 is 7.01. The molecule has 0 bridgehead atoms. The van der Waals surface area contributed by atoms with Crippen LogP contribution in [-0.4, -0.2) is 43.8 Å². The van der Waals surface area contributed by atoms with Gasteiger partial charge in [-0.1, -0.05) is 12.1 Å². The van der Waals surface area contributed by atoms with Crippen LogP contribution in [-0.2, 0) is 6.42 Å². The van der Waals surface area contributed by atoms with Crippen LogP contribution in [0, 0.1) is 6.92 Å². The zero-order valence-corrected chi connectivity index (χ0v) is 12.3. The molecule has 7 heteroatoms. The number of hydrogen-bond donors (Lipinski definition) is 0. The molecule has 0 N–H and O–H groups in total. The van der Waals surface area contributed by atoms with Crippen molar-refractivity contribution in [3.63, 3.8) is 0 Å². The Morgan fingerprint density at radius 2 is 2.38 bits per heavy atom. The lowest BCUT2D eigenvalue weighted by molar-refractivity contribution is 0.0670. The Kier molecular flexibility index (Phi) is 3.72. The zero-order valence-electron chi connectivity index (χ0n) is 12.3. The lowest BCUT2D eigenvalue weighted by atomic mass is 10.0. The normalized spacial score (nSPS) is 19.0. The fourth-order valence-corrected chi connectivity index (χ4v) is 2.85. The molecule has 21 heavy (non-hydrogen) atoms. The van der Waals surface area contributed by atoms with Crippen LogP contribution in [0.4, 0.5) is 0 Å². The van der Waals surface area contributed by atoms with Crippen molar-refractivity contribution in [3.8, 4) is 0 Å². The largest absolute Gasteiger partial charge is 0.361 e. The monoisotopic (exact) mass is 289 g/mol. The molecular formula is C14H19N5O2. The van der Waals surface area contributed by atoms with E-state index in [0.29, 0.717) is 24.3 Å². The highest BCUT2D eigenvalue weighted by molar-refractivity contribution is 5.96. The molecule has 2 aromatic heterocycles. The molecule has 1 unspecified atom stereocenters. The summed E-state index contributed by atoms with van der Waals surface area (Å²) in [5, 5.41) is 8.15. The quantitative estimate of drug-likeness (QED) is 0.858. The SMILES string of the molecule is CCc1noc(C)c1C(=O)N1CCCC(n2cncn2)C1. The van der Waals surface area contributed by atoms with Gasteiger partial charge in [0, 0.05) is 13.1 Å². The molecule has 0 aromatic carbocycles. The average molecular weight is 289 g/mol. The summed E-state index contributed by atoms with van der Waals surface area (Å²) in [6, 6.07) is 0.190. The van der Waals surface area contributed by atoms with E-state index in [4.69, 9.17) is 4.52 Å². The summed E-state index contributed by atoms with van der Waals surface area (Å²) in [4.78, 5) is 18.6. The molecule has 112 valence electrons. The van der Waals surface area contributed by atoms with E-state index >= 15 is 0 Å². The molecule has 0 spiro atoms. The van der Waals surface area contributed by atoms with Gasteiger partial charge in [0.2, 0.25) is 0 Å². The van der Waals surface area contributed by atoms with Crippen molar-refractivity contribution in [1.29, 1.82) is 0 Å². The minimum absolute atomic E-state index is 0.00964. The predicted molar refractivity (Wildman–Crippen MR) is 74.8 cm³/mol. The van der Waals surface area contributed by atoms with Crippen molar-refractivity contribution in [3.05, 3.63) is 29.7 Å². The van der Waals surface area contributed by atoms with Crippen LogP contribution in [0.15, 0.2) is 17.2 Å². The third-order valence-electron chi connectivity index (χ3n) is 3.98. The second-order valence-corrected chi connectivity index (χ2v) is 5.34. The lowest BCUT2D eigenvalue weighted by Crippen LogP contribution is -2.41. The Morgan fingerprint density at radius 3 is 3.10 bits per heavy atom. The Balaban J connectivity index is 1.80. The van der Waals surface area contributed by atoms with Gasteiger partial charge < -0.3 is 9.42 Å². The smallest absolute Gasteiger partial charge is 0.259 e. The minimum atomic E-state index is 0.00964. The van der Waals surface area contributed by atoms with Gasteiger partial charge in [-0.2, -0.15) is 5.10 Å². The van der Waals surface area contributed by atoms with E-state index in [-0.39, 0.29) is 11.9 Å². The van der Waals surface area contributed by atoms with Gasteiger partial charge in [-0.25, -0.2) is 9.67 Å². The van der Waals surface area contributed by atoms with E-state index in [0.717, 1.165) is 25.1 Å². The van der Waals surface area contributed by atoms with Crippen LogP contribution in [0.25, 0.3) is 0 Å². The fourth-order valence-electron chi connectivity index (χ4n) is 2.85. The minimum Gasteiger partial charge on any atom is -0.361 e. The molecule has 0 saturated carbocycles. The van der Waals surface area contributed by atoms with Gasteiger partial charge in [0.1, 0.15) is 24.0 Å². The number of nitrogens with zero attached hydrogens (tertiary/aromatic N) is 5. The maximum absolute atomic E-state index is 12.8. The molecule has 1 aliphatic heterocycles. The zero-order chi connectivity index (χ0) is 14.8. The van der Waals surface area contributed by atoms with E-state index in [9.17, 15) is 4.79 Å². The van der Waals surface area contributed by atoms with Crippen molar-refractivity contribution in [2.75, 3.05) is 13.1 Å². The summed E-state index contributed by atoms with van der Waals surface area (Å²) >= 11 is 0. The van der Waals surface area contributed by atoms with Crippen LogP contribution in [0.3, 0.4) is 0 Å². The lowest BCUT2D eigenvalue weighted by Gasteiger charge is -2.32. The highest BCUT2D eigenvalue weighted by Gasteiger charge is 2.29. The molecule has 1 amide bonds. The predicted octanol–water partition coefficient (Wildman–Crippen LogP) is 1.61. The van der Waals surface area contributed by atoms with Gasteiger partial charge in [-0.15, -0.1) is 0 Å². The van der Waals surface area contributed by atoms with Crippen LogP contribution < -0.4 is 0 Å². The molecular weight excluding hydrogens is 270 g/mol. The van der Waals surface area contributed by atoms with Crippen molar-refractivity contribution in [2.24, 2.45) is 0 Å². The van der Waals surface area contributed by atoms with Crippen LogP contribution >= 0.6 is 0 Å². The van der Waals surface area contributed by atoms with Crippen molar-refractivity contribution in [2.45, 2.75) is 39.2 Å². The second kappa shape index (κ2) is 5.67. The number of hydrogen-bond acceptors (Lipinski definition) is 5. The van der Waals surface area contributed by atoms with E-state index in [1.807, 2.05) is 16.5 Å². The molecule has 1 atom stereocenters. The number of carbonyl (C=O) groups excluding carboxylic acids is 1. The third-order valence-corrected chi connectivity index (χ3v) is 3.98. The number of aryl methyl sites for hydroxylation is 2. The van der Waals surface area contributed by atoms with Gasteiger partial charge >= 0.3 is 0 Å². The molecule has 0 aliphatic carbocycles. The van der Waals surface area contributed by atoms with Crippen LogP contribution in [0.5, 0.6) is 0 Å². The Hall–Kier alpha value is -2.18. The van der Waals surface area contributed by atoms with E-state index in [2.05, 4.69) is 15.2 Å². The first-order valence-electron chi connectivity index (χ1n) is 7.29. The number of likely N-dealkylation sites (tertiary alicyclic amines) is 1. The number of piperidine rings is 1. The van der Waals surface area contributed by atoms with Gasteiger partial charge in [0.05, 0.1) is 11.7 Å². The fraction of sp³-hybridized carbons (Fsp3) is 0.571. The van der Waals surface area contributed by atoms with E-state index in [1.54, 1.807) is 13.3 Å². The Bertz CT molecular complexity index is 619. The van der Waals surface area contributed by atoms with E-state index in [1.165, 1.54) is 6.33 Å². The maximum Gasteiger partial charge on any atom is 0.259 e. The number of carbonyl (C=O) groups is 1. The Labute approximate surface area is 122 Å². The second-order valence-electron chi connectivity index (χ2n) is 5.34. The third kappa shape index (κ3) is 2.55. The van der Waals surface area contributed by atoms with Gasteiger partial charge in [0.15, 0.2) is 0 Å². The molecule has 0 radical (unpaired) electrons. The first kappa shape index (κ1) is 13.8. The molecule has 7 nitrogen and oxygen atoms in total. The van der Waals surface area contributed by atoms with E-state index < -0.39 is 0 Å². The van der Waals surface area contributed by atoms with Crippen molar-refractivity contribution < 1.29 is 9.32 Å². The van der Waals surface area contributed by atoms with Gasteiger partial charge in [-0.3, -0.25) is 4.79 Å². The highest BCUT2D eigenvalue weighted by atomic mass is 16.5. The van der Waals surface area contributed by atoms with Crippen LogP contribution in [0.1, 0.15) is 47.6 Å². The highest BCUT2D eigenvalue weighted by Crippen LogP contribution is 2.24. The molecule has 3 heterocycles. The summed E-state index contributed by atoms with van der Waals surface area (Å²) in [6.45, 7) is 5.18. The first-order valence-corrected chi connectivity index (χ1v) is 7.29. The summed E-state index contributed by atoms with van der Waals surface area (Å²) in [5.74, 6) is 0.607. The summed E-state index contributed by atoms with van der Waals surface area (Å²) in [7, 11) is 0. The Morgan fingerprint density at radius 1 is 1.52 bits per heavy atom. The molecule has 1 aliphatic rings. The summed E-state index contributed by atoms with van der Waals surface area (Å²) in [6.07, 6.45) is 5.90. The standard InChI is InChI=1S/C14H19N5O2/c1-3-12-13(10(2)21-17-12)14(20)18-6-4-5-11(7-18)19-9-15-8-16-19/h8-9,11H,3-7H2,1-2H3. The van der Waals surface area contributed by atoms with Crippen molar-refractivity contribution >= 4 is 5.91 Å². The molecule has 2 aromatic rings. The summed E-state index contributed by atoms with van der Waals surface area (Å²) in [5.41, 5.74) is 1.36. The van der Waals surface area contributed by atoms with Gasteiger partial charge in [0.25, 0.3) is 5.91 Å². The molecule has 1 fully saturated rings. The topological polar surface area (TPSA) is 77.0 Å². The van der Waals surface area contributed by atoms with Crippen molar-refractivity contribution in [1.82, 2.24) is 24.8 Å². The molecule has 1 saturated heterocycles. The molecule has 3 rings (SSSR count). The van der Waals surface area contributed by atoms with Crippen LogP contribution in [0.2, 0.25) is 0 Å². The number of aromatic nitrogens is 4. The first-order chi connectivity index (χ1) is 10.2. The maximum atomic E-state index is 12.8. The number of rotatable bonds is 3. The van der Waals surface area contributed by atoms with Gasteiger partial charge in [-0.05, 0) is 26.2 Å². The average Bonchev–Trinajstić information content (AvgIpc) is 3.16.